The first kappa shape index (κ1) is 25.3. The number of nitrogens with one attached hydrogen (secondary N) is 1. The summed E-state index contributed by atoms with van der Waals surface area (Å²) in [5.41, 5.74) is -0.539. The zero-order chi connectivity index (χ0) is 24.0. The summed E-state index contributed by atoms with van der Waals surface area (Å²) in [5, 5.41) is 2.25. The lowest BCUT2D eigenvalue weighted by molar-refractivity contribution is -0.137. The summed E-state index contributed by atoms with van der Waals surface area (Å²) < 4.78 is 56.6. The molecular formula is C22H22BrF3N2O4S. The molecule has 6 nitrogen and oxygen atoms in total. The third-order valence-electron chi connectivity index (χ3n) is 4.71. The van der Waals surface area contributed by atoms with Crippen molar-refractivity contribution in [3.8, 4) is 11.5 Å². The van der Waals surface area contributed by atoms with Crippen molar-refractivity contribution in [3.63, 3.8) is 0 Å². The SMILES string of the molecule is CCOc1cc(C(=S)N2CCOCC2)cc(Br)c1OCC(=O)Nc1ccccc1C(F)(F)F. The van der Waals surface area contributed by atoms with Gasteiger partial charge in [0.25, 0.3) is 5.91 Å². The van der Waals surface area contributed by atoms with E-state index in [-0.39, 0.29) is 11.4 Å². The van der Waals surface area contributed by atoms with E-state index < -0.39 is 24.3 Å². The number of para-hydroxylation sites is 1. The van der Waals surface area contributed by atoms with Crippen molar-refractivity contribution in [2.75, 3.05) is 44.8 Å². The smallest absolute Gasteiger partial charge is 0.418 e. The van der Waals surface area contributed by atoms with Gasteiger partial charge in [0.15, 0.2) is 18.1 Å². The second-order valence-electron chi connectivity index (χ2n) is 7.00. The van der Waals surface area contributed by atoms with Crippen LogP contribution < -0.4 is 14.8 Å². The van der Waals surface area contributed by atoms with Crippen LogP contribution in [0.1, 0.15) is 18.1 Å². The molecule has 2 aromatic rings. The summed E-state index contributed by atoms with van der Waals surface area (Å²) in [6.45, 7) is 4.16. The predicted octanol–water partition coefficient (Wildman–Crippen LogP) is 4.89. The summed E-state index contributed by atoms with van der Waals surface area (Å²) in [6, 6.07) is 8.22. The minimum Gasteiger partial charge on any atom is -0.490 e. The molecule has 1 amide bonds. The number of carbonyl (C=O) groups excluding carboxylic acids is 1. The van der Waals surface area contributed by atoms with Gasteiger partial charge in [0.1, 0.15) is 4.99 Å². The Morgan fingerprint density at radius 1 is 1.21 bits per heavy atom. The van der Waals surface area contributed by atoms with Crippen LogP contribution >= 0.6 is 28.1 Å². The number of anilines is 1. The van der Waals surface area contributed by atoms with Crippen LogP contribution in [0.4, 0.5) is 18.9 Å². The molecule has 11 heteroatoms. The van der Waals surface area contributed by atoms with Gasteiger partial charge >= 0.3 is 6.18 Å². The Bertz CT molecular complexity index is 1010. The number of hydrogen-bond donors (Lipinski definition) is 1. The van der Waals surface area contributed by atoms with Crippen LogP contribution in [0.3, 0.4) is 0 Å². The Labute approximate surface area is 203 Å². The molecular weight excluding hydrogens is 525 g/mol. The number of morpholine rings is 1. The van der Waals surface area contributed by atoms with E-state index in [1.165, 1.54) is 18.2 Å². The predicted molar refractivity (Wildman–Crippen MR) is 125 cm³/mol. The van der Waals surface area contributed by atoms with Crippen LogP contribution in [-0.4, -0.2) is 55.3 Å². The lowest BCUT2D eigenvalue weighted by atomic mass is 10.1. The van der Waals surface area contributed by atoms with Gasteiger partial charge in [-0.3, -0.25) is 4.79 Å². The normalized spacial score (nSPS) is 14.0. The van der Waals surface area contributed by atoms with Crippen molar-refractivity contribution in [1.29, 1.82) is 0 Å². The zero-order valence-electron chi connectivity index (χ0n) is 17.7. The molecule has 0 unspecified atom stereocenters. The van der Waals surface area contributed by atoms with E-state index in [0.717, 1.165) is 11.6 Å². The molecule has 0 atom stereocenters. The quantitative estimate of drug-likeness (QED) is 0.499. The lowest BCUT2D eigenvalue weighted by Gasteiger charge is -2.29. The van der Waals surface area contributed by atoms with Crippen LogP contribution in [-0.2, 0) is 15.7 Å². The van der Waals surface area contributed by atoms with Crippen molar-refractivity contribution >= 4 is 44.7 Å². The topological polar surface area (TPSA) is 60.0 Å². The molecule has 0 spiro atoms. The highest BCUT2D eigenvalue weighted by atomic mass is 79.9. The minimum atomic E-state index is -4.59. The average Bonchev–Trinajstić information content (AvgIpc) is 2.78. The molecule has 3 rings (SSSR count). The average molecular weight is 547 g/mol. The Hall–Kier alpha value is -2.37. The van der Waals surface area contributed by atoms with E-state index in [4.69, 9.17) is 26.4 Å². The Morgan fingerprint density at radius 3 is 2.58 bits per heavy atom. The number of nitrogens with zero attached hydrogens (tertiary/aromatic N) is 1. The van der Waals surface area contributed by atoms with Crippen molar-refractivity contribution < 1.29 is 32.2 Å². The molecule has 0 aliphatic carbocycles. The number of benzene rings is 2. The first-order valence-electron chi connectivity index (χ1n) is 10.1. The number of amides is 1. The molecule has 178 valence electrons. The Kier molecular flexibility index (Phi) is 8.55. The van der Waals surface area contributed by atoms with Gasteiger partial charge in [0.05, 0.1) is 35.5 Å². The zero-order valence-corrected chi connectivity index (χ0v) is 20.1. The minimum absolute atomic E-state index is 0.254. The van der Waals surface area contributed by atoms with Crippen molar-refractivity contribution in [3.05, 3.63) is 52.0 Å². The Morgan fingerprint density at radius 2 is 1.91 bits per heavy atom. The van der Waals surface area contributed by atoms with Gasteiger partial charge in [-0.25, -0.2) is 0 Å². The Balaban J connectivity index is 1.74. The molecule has 0 bridgehead atoms. The fraction of sp³-hybridized carbons (Fsp3) is 0.364. The third-order valence-corrected chi connectivity index (χ3v) is 5.79. The molecule has 1 fully saturated rings. The molecule has 1 aliphatic rings. The van der Waals surface area contributed by atoms with Crippen LogP contribution in [0.5, 0.6) is 11.5 Å². The number of rotatable bonds is 7. The first-order chi connectivity index (χ1) is 15.7. The summed E-state index contributed by atoms with van der Waals surface area (Å²) in [6.07, 6.45) is -4.59. The summed E-state index contributed by atoms with van der Waals surface area (Å²) in [4.78, 5) is 15.0. The number of ether oxygens (including phenoxy) is 3. The van der Waals surface area contributed by atoms with Crippen LogP contribution in [0.15, 0.2) is 40.9 Å². The van der Waals surface area contributed by atoms with Crippen molar-refractivity contribution in [2.24, 2.45) is 0 Å². The molecule has 1 N–H and O–H groups in total. The maximum absolute atomic E-state index is 13.2. The number of hydrogen-bond acceptors (Lipinski definition) is 5. The van der Waals surface area contributed by atoms with Gasteiger partial charge in [-0.05, 0) is 47.1 Å². The van der Waals surface area contributed by atoms with E-state index in [1.807, 2.05) is 4.90 Å². The maximum atomic E-state index is 13.2. The van der Waals surface area contributed by atoms with Gasteiger partial charge in [0, 0.05) is 18.7 Å². The van der Waals surface area contributed by atoms with Crippen molar-refractivity contribution in [2.45, 2.75) is 13.1 Å². The summed E-state index contributed by atoms with van der Waals surface area (Å²) >= 11 is 9.03. The summed E-state index contributed by atoms with van der Waals surface area (Å²) in [7, 11) is 0. The van der Waals surface area contributed by atoms with E-state index in [0.29, 0.717) is 48.1 Å². The highest BCUT2D eigenvalue weighted by molar-refractivity contribution is 9.10. The summed E-state index contributed by atoms with van der Waals surface area (Å²) in [5.74, 6) is -0.125. The van der Waals surface area contributed by atoms with E-state index in [1.54, 1.807) is 19.1 Å². The van der Waals surface area contributed by atoms with Gasteiger partial charge in [-0.15, -0.1) is 0 Å². The van der Waals surface area contributed by atoms with E-state index in [9.17, 15) is 18.0 Å². The lowest BCUT2D eigenvalue weighted by Crippen LogP contribution is -2.40. The highest BCUT2D eigenvalue weighted by Gasteiger charge is 2.33. The molecule has 0 saturated carbocycles. The van der Waals surface area contributed by atoms with E-state index >= 15 is 0 Å². The largest absolute Gasteiger partial charge is 0.490 e. The fourth-order valence-electron chi connectivity index (χ4n) is 3.21. The second-order valence-corrected chi connectivity index (χ2v) is 8.24. The molecule has 2 aromatic carbocycles. The van der Waals surface area contributed by atoms with Gasteiger partial charge in [0.2, 0.25) is 0 Å². The monoisotopic (exact) mass is 546 g/mol. The van der Waals surface area contributed by atoms with Crippen LogP contribution in [0.2, 0.25) is 0 Å². The number of halogens is 4. The molecule has 1 saturated heterocycles. The number of thiocarbonyl (C=S) groups is 1. The molecule has 0 radical (unpaired) electrons. The standard InChI is InChI=1S/C22H22BrF3N2O4S/c1-2-31-18-12-14(21(33)28-7-9-30-10-8-28)11-16(23)20(18)32-13-19(29)27-17-6-4-3-5-15(17)22(24,25)26/h3-6,11-12H,2,7-10,13H2,1H3,(H,27,29). The number of alkyl halides is 3. The molecule has 1 aliphatic heterocycles. The van der Waals surface area contributed by atoms with Crippen LogP contribution in [0, 0.1) is 0 Å². The molecule has 33 heavy (non-hydrogen) atoms. The first-order valence-corrected chi connectivity index (χ1v) is 11.3. The third kappa shape index (κ3) is 6.58. The fourth-order valence-corrected chi connectivity index (χ4v) is 4.06. The van der Waals surface area contributed by atoms with Gasteiger partial charge in [-0.2, -0.15) is 13.2 Å². The van der Waals surface area contributed by atoms with Gasteiger partial charge < -0.3 is 24.4 Å². The number of carbonyl (C=O) groups is 1. The van der Waals surface area contributed by atoms with E-state index in [2.05, 4.69) is 21.2 Å². The second kappa shape index (κ2) is 11.2. The van der Waals surface area contributed by atoms with Gasteiger partial charge in [-0.1, -0.05) is 24.4 Å². The van der Waals surface area contributed by atoms with Crippen molar-refractivity contribution in [1.82, 2.24) is 4.90 Å². The molecule has 0 aromatic heterocycles. The highest BCUT2D eigenvalue weighted by Crippen LogP contribution is 2.38. The molecule has 1 heterocycles. The maximum Gasteiger partial charge on any atom is 0.418 e. The van der Waals surface area contributed by atoms with Crippen LogP contribution in [0.25, 0.3) is 0 Å².